The van der Waals surface area contributed by atoms with Crippen molar-refractivity contribution >= 4 is 23.7 Å². The number of aliphatic carboxylic acids is 1. The molecule has 4 N–H and O–H groups in total. The highest BCUT2D eigenvalue weighted by Gasteiger charge is 2.27. The molecule has 0 aliphatic heterocycles. The summed E-state index contributed by atoms with van der Waals surface area (Å²) < 4.78 is 0. The Balaban J connectivity index is 0. The van der Waals surface area contributed by atoms with Gasteiger partial charge in [-0.25, -0.2) is 0 Å². The lowest BCUT2D eigenvalue weighted by Gasteiger charge is -2.30. The van der Waals surface area contributed by atoms with Crippen molar-refractivity contribution in [2.75, 3.05) is 14.1 Å². The van der Waals surface area contributed by atoms with E-state index in [4.69, 9.17) is 5.11 Å². The lowest BCUT2D eigenvalue weighted by Crippen LogP contribution is -2.47. The van der Waals surface area contributed by atoms with Crippen molar-refractivity contribution in [1.82, 2.24) is 16.0 Å². The van der Waals surface area contributed by atoms with Crippen LogP contribution < -0.4 is 16.0 Å². The van der Waals surface area contributed by atoms with Crippen molar-refractivity contribution in [3.63, 3.8) is 0 Å². The van der Waals surface area contributed by atoms with Gasteiger partial charge in [0.05, 0.1) is 6.42 Å². The van der Waals surface area contributed by atoms with Crippen LogP contribution in [0.25, 0.3) is 0 Å². The van der Waals surface area contributed by atoms with Crippen molar-refractivity contribution in [3.05, 3.63) is 0 Å². The minimum absolute atomic E-state index is 0.134. The fourth-order valence-electron chi connectivity index (χ4n) is 1.90. The third kappa shape index (κ3) is 12.4. The second kappa shape index (κ2) is 13.3. The summed E-state index contributed by atoms with van der Waals surface area (Å²) in [7, 11) is 3.05. The van der Waals surface area contributed by atoms with Gasteiger partial charge in [-0.05, 0) is 19.8 Å². The van der Waals surface area contributed by atoms with Crippen LogP contribution in [0.4, 0.5) is 0 Å². The Morgan fingerprint density at radius 3 is 1.54 bits per heavy atom. The van der Waals surface area contributed by atoms with E-state index in [2.05, 4.69) is 16.0 Å². The summed E-state index contributed by atoms with van der Waals surface area (Å²) in [6.07, 6.45) is 0.753. The Bertz CT molecular complexity index is 404. The second-order valence-corrected chi connectivity index (χ2v) is 5.35. The molecule has 0 radical (unpaired) electrons. The smallest absolute Gasteiger partial charge is 0.303 e. The van der Waals surface area contributed by atoms with Crippen LogP contribution in [0.15, 0.2) is 0 Å². The molecule has 0 saturated carbocycles. The lowest BCUT2D eigenvalue weighted by molar-refractivity contribution is -0.139. The molecule has 8 heteroatoms. The molecule has 0 atom stereocenters. The number of amides is 3. The number of hydrogen-bond acceptors (Lipinski definition) is 4. The van der Waals surface area contributed by atoms with Gasteiger partial charge in [-0.3, -0.25) is 19.2 Å². The van der Waals surface area contributed by atoms with Gasteiger partial charge in [0, 0.05) is 38.9 Å². The van der Waals surface area contributed by atoms with Crippen LogP contribution in [0.5, 0.6) is 0 Å². The van der Waals surface area contributed by atoms with Crippen molar-refractivity contribution in [2.45, 2.75) is 64.8 Å². The van der Waals surface area contributed by atoms with E-state index in [-0.39, 0.29) is 37.5 Å². The molecule has 0 unspecified atom stereocenters. The molecule has 0 aliphatic rings. The lowest BCUT2D eigenvalue weighted by atomic mass is 9.89. The van der Waals surface area contributed by atoms with Gasteiger partial charge in [-0.15, -0.1) is 0 Å². The van der Waals surface area contributed by atoms with Gasteiger partial charge >= 0.3 is 5.97 Å². The topological polar surface area (TPSA) is 125 Å². The molecule has 0 aromatic heterocycles. The van der Waals surface area contributed by atoms with Gasteiger partial charge in [0.1, 0.15) is 0 Å². The van der Waals surface area contributed by atoms with E-state index in [1.807, 2.05) is 13.8 Å². The molecule has 0 fully saturated rings. The van der Waals surface area contributed by atoms with Gasteiger partial charge in [0.2, 0.25) is 17.7 Å². The minimum atomic E-state index is -1.05. The highest BCUT2D eigenvalue weighted by atomic mass is 16.4. The van der Waals surface area contributed by atoms with Crippen molar-refractivity contribution in [1.29, 1.82) is 0 Å². The fourth-order valence-corrected chi connectivity index (χ4v) is 1.90. The quantitative estimate of drug-likeness (QED) is 0.466. The van der Waals surface area contributed by atoms with Gasteiger partial charge in [-0.1, -0.05) is 13.8 Å². The average Bonchev–Trinajstić information content (AvgIpc) is 2.57. The molecule has 3 amide bonds. The number of hydrogen-bond donors (Lipinski definition) is 4. The first-order valence-electron chi connectivity index (χ1n) is 8.16. The summed E-state index contributed by atoms with van der Waals surface area (Å²) in [6.45, 7) is 5.75. The summed E-state index contributed by atoms with van der Waals surface area (Å²) in [5, 5.41) is 16.3. The zero-order valence-electron chi connectivity index (χ0n) is 15.3. The predicted octanol–water partition coefficient (Wildman–Crippen LogP) is 0.805. The highest BCUT2D eigenvalue weighted by Crippen LogP contribution is 2.19. The maximum absolute atomic E-state index is 11.8. The Morgan fingerprint density at radius 2 is 1.21 bits per heavy atom. The zero-order valence-corrected chi connectivity index (χ0v) is 15.3. The van der Waals surface area contributed by atoms with Crippen molar-refractivity contribution in [3.8, 4) is 0 Å². The summed E-state index contributed by atoms with van der Waals surface area (Å²) in [6, 6.07) is 0. The first-order chi connectivity index (χ1) is 11.2. The van der Waals surface area contributed by atoms with Crippen LogP contribution in [0.1, 0.15) is 59.3 Å². The number of carbonyl (C=O) groups is 4. The molecular weight excluding hydrogens is 314 g/mol. The first kappa shape index (κ1) is 24.1. The molecule has 0 aliphatic carbocycles. The van der Waals surface area contributed by atoms with Crippen LogP contribution in [0, 0.1) is 0 Å². The summed E-state index contributed by atoms with van der Waals surface area (Å²) in [4.78, 5) is 45.1. The first-order valence-corrected chi connectivity index (χ1v) is 8.16. The summed E-state index contributed by atoms with van der Waals surface area (Å²) >= 11 is 0. The van der Waals surface area contributed by atoms with Crippen LogP contribution in [0.3, 0.4) is 0 Å². The van der Waals surface area contributed by atoms with Gasteiger partial charge < -0.3 is 21.1 Å². The molecular formula is C16H31N3O5. The van der Waals surface area contributed by atoms with Gasteiger partial charge in [-0.2, -0.15) is 0 Å². The van der Waals surface area contributed by atoms with Crippen molar-refractivity contribution < 1.29 is 24.3 Å². The Hall–Kier alpha value is -2.12. The number of carboxylic acid groups (broad SMARTS) is 1. The normalized spacial score (nSPS) is 10.0. The maximum atomic E-state index is 11.8. The largest absolute Gasteiger partial charge is 0.481 e. The van der Waals surface area contributed by atoms with E-state index in [1.54, 1.807) is 6.92 Å². The SMILES string of the molecule is CC.CNC(=O)CCC(C)(CCC(=O)NC)NC(=O)CCC(=O)O. The minimum Gasteiger partial charge on any atom is -0.481 e. The molecule has 0 aromatic rings. The monoisotopic (exact) mass is 345 g/mol. The number of carboxylic acids is 1. The molecule has 8 nitrogen and oxygen atoms in total. The van der Waals surface area contributed by atoms with Gasteiger partial charge in [0.15, 0.2) is 0 Å². The van der Waals surface area contributed by atoms with Crippen LogP contribution in [-0.2, 0) is 19.2 Å². The van der Waals surface area contributed by atoms with E-state index >= 15 is 0 Å². The third-order valence-corrected chi connectivity index (χ3v) is 3.37. The second-order valence-electron chi connectivity index (χ2n) is 5.35. The molecule has 0 spiro atoms. The van der Waals surface area contributed by atoms with Crippen LogP contribution in [0.2, 0.25) is 0 Å². The number of carbonyl (C=O) groups excluding carboxylic acids is 3. The Kier molecular flexibility index (Phi) is 13.4. The summed E-state index contributed by atoms with van der Waals surface area (Å²) in [5.74, 6) is -1.77. The third-order valence-electron chi connectivity index (χ3n) is 3.37. The number of rotatable bonds is 10. The molecule has 0 saturated heterocycles. The summed E-state index contributed by atoms with van der Waals surface area (Å²) in [5.41, 5.74) is -0.741. The van der Waals surface area contributed by atoms with E-state index in [9.17, 15) is 19.2 Å². The van der Waals surface area contributed by atoms with Crippen LogP contribution >= 0.6 is 0 Å². The van der Waals surface area contributed by atoms with Gasteiger partial charge in [0.25, 0.3) is 0 Å². The van der Waals surface area contributed by atoms with E-state index < -0.39 is 17.4 Å². The molecule has 0 bridgehead atoms. The number of nitrogens with one attached hydrogen (secondary N) is 3. The van der Waals surface area contributed by atoms with E-state index in [1.165, 1.54) is 14.1 Å². The molecule has 0 heterocycles. The molecule has 24 heavy (non-hydrogen) atoms. The molecule has 0 rings (SSSR count). The van der Waals surface area contributed by atoms with E-state index in [0.29, 0.717) is 12.8 Å². The van der Waals surface area contributed by atoms with E-state index in [0.717, 1.165) is 0 Å². The Labute approximate surface area is 143 Å². The predicted molar refractivity (Wildman–Crippen MR) is 91.4 cm³/mol. The zero-order chi connectivity index (χ0) is 19.2. The molecule has 0 aromatic carbocycles. The maximum Gasteiger partial charge on any atom is 0.303 e. The molecule has 140 valence electrons. The van der Waals surface area contributed by atoms with Crippen molar-refractivity contribution in [2.24, 2.45) is 0 Å². The Morgan fingerprint density at radius 1 is 0.792 bits per heavy atom. The fraction of sp³-hybridized carbons (Fsp3) is 0.750. The van der Waals surface area contributed by atoms with Crippen LogP contribution in [-0.4, -0.2) is 48.4 Å². The average molecular weight is 345 g/mol. The standard InChI is InChI=1S/C14H25N3O5.C2H6/c1-14(8-6-10(18)15-2,9-7-11(19)16-3)17-12(20)4-5-13(21)22;1-2/h4-9H2,1-3H3,(H,15,18)(H,16,19)(H,17,20)(H,21,22);1-2H3. The highest BCUT2D eigenvalue weighted by molar-refractivity contribution is 5.81.